The largest absolute Gasteiger partial charge is 0.173 e. The average molecular weight is 216 g/mol. The summed E-state index contributed by atoms with van der Waals surface area (Å²) in [6.45, 7) is 13.8. The molecular formula is C13H28S. The van der Waals surface area contributed by atoms with Crippen LogP contribution in [0, 0.1) is 11.3 Å². The molecule has 0 fully saturated rings. The van der Waals surface area contributed by atoms with Crippen LogP contribution in [-0.2, 0) is 0 Å². The number of hydrogen-bond donors (Lipinski definition) is 1. The van der Waals surface area contributed by atoms with Gasteiger partial charge in [0.25, 0.3) is 0 Å². The van der Waals surface area contributed by atoms with Gasteiger partial charge < -0.3 is 0 Å². The van der Waals surface area contributed by atoms with Gasteiger partial charge in [0.05, 0.1) is 0 Å². The summed E-state index contributed by atoms with van der Waals surface area (Å²) in [5.41, 5.74) is 0.439. The monoisotopic (exact) mass is 216 g/mol. The van der Waals surface area contributed by atoms with E-state index in [9.17, 15) is 0 Å². The van der Waals surface area contributed by atoms with Gasteiger partial charge in [0.2, 0.25) is 0 Å². The van der Waals surface area contributed by atoms with Gasteiger partial charge in [0.1, 0.15) is 0 Å². The van der Waals surface area contributed by atoms with Crippen molar-refractivity contribution in [3.63, 3.8) is 0 Å². The molecule has 0 aromatic heterocycles. The Balaban J connectivity index is 3.95. The summed E-state index contributed by atoms with van der Waals surface area (Å²) in [7, 11) is 0. The molecule has 0 saturated heterocycles. The van der Waals surface area contributed by atoms with Crippen LogP contribution in [0.2, 0.25) is 0 Å². The lowest BCUT2D eigenvalue weighted by atomic mass is 9.78. The molecule has 0 aliphatic carbocycles. The molecular weight excluding hydrogens is 188 g/mol. The van der Waals surface area contributed by atoms with E-state index in [0.717, 1.165) is 5.92 Å². The van der Waals surface area contributed by atoms with Crippen LogP contribution in [0.15, 0.2) is 0 Å². The first-order valence-electron chi connectivity index (χ1n) is 5.89. The quantitative estimate of drug-likeness (QED) is 0.598. The van der Waals surface area contributed by atoms with E-state index in [2.05, 4.69) is 54.2 Å². The Morgan fingerprint density at radius 2 is 1.64 bits per heavy atom. The van der Waals surface area contributed by atoms with Gasteiger partial charge in [-0.25, -0.2) is 0 Å². The van der Waals surface area contributed by atoms with Gasteiger partial charge in [-0.2, -0.15) is 12.6 Å². The summed E-state index contributed by atoms with van der Waals surface area (Å²) in [5, 5.41) is 0. The van der Waals surface area contributed by atoms with Crippen LogP contribution in [0.1, 0.15) is 67.2 Å². The second-order valence-electron chi connectivity index (χ2n) is 6.21. The highest BCUT2D eigenvalue weighted by atomic mass is 32.1. The molecule has 1 atom stereocenters. The normalized spacial score (nSPS) is 15.6. The van der Waals surface area contributed by atoms with Crippen molar-refractivity contribution in [2.75, 3.05) is 0 Å². The van der Waals surface area contributed by atoms with E-state index < -0.39 is 0 Å². The van der Waals surface area contributed by atoms with Crippen molar-refractivity contribution in [2.24, 2.45) is 11.3 Å². The van der Waals surface area contributed by atoms with Crippen molar-refractivity contribution < 1.29 is 0 Å². The summed E-state index contributed by atoms with van der Waals surface area (Å²) in [6.07, 6.45) is 5.18. The molecule has 14 heavy (non-hydrogen) atoms. The van der Waals surface area contributed by atoms with Crippen molar-refractivity contribution >= 4 is 12.6 Å². The Morgan fingerprint density at radius 3 is 2.00 bits per heavy atom. The Labute approximate surface area is 96.3 Å². The molecule has 0 rings (SSSR count). The van der Waals surface area contributed by atoms with Gasteiger partial charge >= 0.3 is 0 Å². The number of hydrogen-bond acceptors (Lipinski definition) is 1. The molecule has 0 N–H and O–H groups in total. The summed E-state index contributed by atoms with van der Waals surface area (Å²) in [4.78, 5) is 0. The predicted molar refractivity (Wildman–Crippen MR) is 70.2 cm³/mol. The molecule has 1 heteroatoms. The zero-order chi connectivity index (χ0) is 11.4. The van der Waals surface area contributed by atoms with E-state index in [-0.39, 0.29) is 4.75 Å². The molecule has 0 bridgehead atoms. The lowest BCUT2D eigenvalue weighted by Gasteiger charge is -2.32. The fourth-order valence-corrected chi connectivity index (χ4v) is 2.53. The molecule has 0 spiro atoms. The van der Waals surface area contributed by atoms with E-state index in [0.29, 0.717) is 5.41 Å². The summed E-state index contributed by atoms with van der Waals surface area (Å²) in [5.74, 6) is 0.873. The van der Waals surface area contributed by atoms with Crippen LogP contribution in [0.5, 0.6) is 0 Å². The van der Waals surface area contributed by atoms with Crippen molar-refractivity contribution in [3.8, 4) is 0 Å². The first-order valence-corrected chi connectivity index (χ1v) is 6.33. The fraction of sp³-hybridized carbons (Fsp3) is 1.00. The molecule has 86 valence electrons. The average Bonchev–Trinajstić information content (AvgIpc) is 1.96. The second-order valence-corrected chi connectivity index (χ2v) is 7.42. The molecule has 0 heterocycles. The predicted octanol–water partition coefficient (Wildman–Crippen LogP) is 4.94. The highest BCUT2D eigenvalue weighted by molar-refractivity contribution is 7.81. The van der Waals surface area contributed by atoms with Crippen LogP contribution < -0.4 is 0 Å². The molecule has 0 aliphatic heterocycles. The summed E-state index contributed by atoms with van der Waals surface area (Å²) in [6, 6.07) is 0. The third kappa shape index (κ3) is 7.73. The standard InChI is InChI=1S/C13H28S/c1-7-11(2)8-9-12(3,4)10-13(5,6)14/h11,14H,7-10H2,1-6H3. The van der Waals surface area contributed by atoms with Gasteiger partial charge in [-0.1, -0.05) is 54.4 Å². The van der Waals surface area contributed by atoms with Gasteiger partial charge in [0, 0.05) is 4.75 Å². The SMILES string of the molecule is CCC(C)CCC(C)(C)CC(C)(C)S. The molecule has 0 amide bonds. The van der Waals surface area contributed by atoms with E-state index in [1.54, 1.807) is 0 Å². The van der Waals surface area contributed by atoms with E-state index in [1.807, 2.05) is 0 Å². The van der Waals surface area contributed by atoms with Crippen molar-refractivity contribution in [3.05, 3.63) is 0 Å². The summed E-state index contributed by atoms with van der Waals surface area (Å²) < 4.78 is 0.166. The highest BCUT2D eigenvalue weighted by Gasteiger charge is 2.25. The number of rotatable bonds is 6. The Bertz CT molecular complexity index is 153. The Hall–Kier alpha value is 0.350. The van der Waals surface area contributed by atoms with E-state index >= 15 is 0 Å². The second kappa shape index (κ2) is 5.44. The first kappa shape index (κ1) is 14.3. The van der Waals surface area contributed by atoms with Crippen LogP contribution in [-0.4, -0.2) is 4.75 Å². The Morgan fingerprint density at radius 1 is 1.14 bits per heavy atom. The molecule has 0 aliphatic rings. The van der Waals surface area contributed by atoms with Gasteiger partial charge in [-0.3, -0.25) is 0 Å². The maximum Gasteiger partial charge on any atom is 0.00782 e. The topological polar surface area (TPSA) is 0 Å². The molecule has 0 radical (unpaired) electrons. The first-order chi connectivity index (χ1) is 6.16. The molecule has 1 unspecified atom stereocenters. The van der Waals surface area contributed by atoms with Crippen LogP contribution in [0.4, 0.5) is 0 Å². The maximum atomic E-state index is 4.62. The van der Waals surface area contributed by atoms with Gasteiger partial charge in [0.15, 0.2) is 0 Å². The minimum atomic E-state index is 0.166. The third-order valence-corrected chi connectivity index (χ3v) is 3.08. The van der Waals surface area contributed by atoms with Crippen LogP contribution in [0.3, 0.4) is 0 Å². The van der Waals surface area contributed by atoms with Gasteiger partial charge in [-0.15, -0.1) is 0 Å². The van der Waals surface area contributed by atoms with Gasteiger partial charge in [-0.05, 0) is 24.2 Å². The lowest BCUT2D eigenvalue weighted by Crippen LogP contribution is -2.24. The summed E-state index contributed by atoms with van der Waals surface area (Å²) >= 11 is 4.62. The van der Waals surface area contributed by atoms with Crippen molar-refractivity contribution in [1.29, 1.82) is 0 Å². The van der Waals surface area contributed by atoms with Crippen LogP contribution >= 0.6 is 12.6 Å². The fourth-order valence-electron chi connectivity index (χ4n) is 2.10. The van der Waals surface area contributed by atoms with E-state index in [1.165, 1.54) is 25.7 Å². The molecule has 0 aromatic rings. The molecule has 0 aromatic carbocycles. The number of thiol groups is 1. The minimum absolute atomic E-state index is 0.166. The van der Waals surface area contributed by atoms with Crippen LogP contribution in [0.25, 0.3) is 0 Å². The maximum absolute atomic E-state index is 4.62. The minimum Gasteiger partial charge on any atom is -0.173 e. The zero-order valence-electron chi connectivity index (χ0n) is 10.9. The molecule has 0 nitrogen and oxygen atoms in total. The highest BCUT2D eigenvalue weighted by Crippen LogP contribution is 2.36. The molecule has 0 saturated carbocycles. The smallest absolute Gasteiger partial charge is 0.00782 e. The third-order valence-electron chi connectivity index (χ3n) is 2.92. The van der Waals surface area contributed by atoms with Crippen molar-refractivity contribution in [2.45, 2.75) is 72.0 Å². The van der Waals surface area contributed by atoms with Crippen molar-refractivity contribution in [1.82, 2.24) is 0 Å². The Kier molecular flexibility index (Phi) is 5.57. The zero-order valence-corrected chi connectivity index (χ0v) is 11.7. The van der Waals surface area contributed by atoms with E-state index in [4.69, 9.17) is 0 Å². The lowest BCUT2D eigenvalue weighted by molar-refractivity contribution is 0.255.